The second-order valence-corrected chi connectivity index (χ2v) is 21.2. The smallest absolute Gasteiger partial charge is 0.389 e. The average Bonchev–Trinajstić information content (AvgIpc) is 3.45. The lowest BCUT2D eigenvalue weighted by atomic mass is 9.64. The van der Waals surface area contributed by atoms with Crippen molar-refractivity contribution in [2.45, 2.75) is 60.6 Å². The topological polar surface area (TPSA) is 153 Å². The second kappa shape index (κ2) is 18.8. The molecule has 1 aromatic heterocycles. The van der Waals surface area contributed by atoms with E-state index in [1.807, 2.05) is 50.3 Å². The number of benzene rings is 3. The van der Waals surface area contributed by atoms with Gasteiger partial charge in [0.15, 0.2) is 0 Å². The molecule has 3 aromatic carbocycles. The lowest BCUT2D eigenvalue weighted by Gasteiger charge is -2.52. The van der Waals surface area contributed by atoms with Crippen molar-refractivity contribution in [3.8, 4) is 0 Å². The number of nitrogens with one attached hydrogen (secondary N) is 2. The number of nitrogens with zero attached hydrogens (tertiary/aromatic N) is 5. The van der Waals surface area contributed by atoms with Gasteiger partial charge in [0.05, 0.1) is 32.6 Å². The normalized spacial score (nSPS) is 21.7. The predicted octanol–water partition coefficient (Wildman–Crippen LogP) is 9.90. The maximum Gasteiger partial charge on any atom is 0.432 e. The Kier molecular flexibility index (Phi) is 13.1. The molecule has 3 aliphatic heterocycles. The molecule has 9 rings (SSSR count). The number of aliphatic hydroxyl groups is 1. The molecule has 13 nitrogen and oxygen atoms in total. The first-order valence-corrected chi connectivity index (χ1v) is 25.6. The van der Waals surface area contributed by atoms with Gasteiger partial charge in [0.25, 0.3) is 21.6 Å². The quantitative estimate of drug-likeness (QED) is 0.0541. The minimum Gasteiger partial charge on any atom is -0.389 e. The summed E-state index contributed by atoms with van der Waals surface area (Å²) >= 11 is 7.96. The van der Waals surface area contributed by atoms with E-state index < -0.39 is 44.2 Å². The van der Waals surface area contributed by atoms with E-state index in [1.54, 1.807) is 60.3 Å². The molecule has 0 saturated carbocycles. The highest BCUT2D eigenvalue weighted by molar-refractivity contribution is 7.99. The summed E-state index contributed by atoms with van der Waals surface area (Å²) in [7, 11) is -2.86. The third kappa shape index (κ3) is 9.07. The number of nitro benzene ring substituents is 1. The first-order valence-electron chi connectivity index (χ1n) is 22.7. The van der Waals surface area contributed by atoms with Crippen LogP contribution in [-0.4, -0.2) is 89.8 Å². The number of carbonyl (C=O) groups excluding carboxylic acids is 1. The highest BCUT2D eigenvalue weighted by Gasteiger charge is 2.57. The Bertz CT molecular complexity index is 2990. The van der Waals surface area contributed by atoms with Crippen LogP contribution in [-0.2, 0) is 28.7 Å². The molecule has 1 amide bonds. The minimum absolute atomic E-state index is 0.0775. The van der Waals surface area contributed by atoms with Crippen molar-refractivity contribution >= 4 is 67.6 Å². The number of amides is 1. The number of anilines is 3. The van der Waals surface area contributed by atoms with Crippen molar-refractivity contribution < 1.29 is 36.4 Å². The highest BCUT2D eigenvalue weighted by Crippen LogP contribution is 2.57. The maximum absolute atomic E-state index is 15.2. The van der Waals surface area contributed by atoms with Crippen molar-refractivity contribution in [2.75, 3.05) is 60.0 Å². The molecule has 3 atom stereocenters. The molecule has 0 bridgehead atoms. The van der Waals surface area contributed by atoms with Gasteiger partial charge in [0, 0.05) is 109 Å². The second-order valence-electron chi connectivity index (χ2n) is 17.9. The fourth-order valence-corrected chi connectivity index (χ4v) is 12.5. The number of fused-ring (bicyclic) bond motifs is 2. The van der Waals surface area contributed by atoms with Crippen LogP contribution in [0.1, 0.15) is 60.4 Å². The molecule has 4 heterocycles. The number of aliphatic hydroxyl groups excluding tert-OH is 1. The number of aromatic nitrogens is 1. The molecular weight excluding hydrogens is 951 g/mol. The molecular formula is C50H51ClF3N7O6S2. The molecule has 0 radical (unpaired) electrons. The molecule has 1 saturated heterocycles. The van der Waals surface area contributed by atoms with Crippen LogP contribution < -0.4 is 14.9 Å². The van der Waals surface area contributed by atoms with E-state index in [9.17, 15) is 28.4 Å². The Morgan fingerprint density at radius 2 is 1.72 bits per heavy atom. The monoisotopic (exact) mass is 1000 g/mol. The highest BCUT2D eigenvalue weighted by atomic mass is 35.5. The van der Waals surface area contributed by atoms with E-state index in [-0.39, 0.29) is 57.7 Å². The number of carbonyl (C=O) groups is 1. The SMILES string of the molecule is CC1C(N2CCCN(c3ccc(NS(=O)(=O)c4ccc(NCCSc5ccccc5)c([N+](=O)[O-])c4)cc3)CC2)=CC2(C)C3=C1C(O)CCN3C(=O)c1c2c(C2=CC=C(Cl)CC=C2)n(C)c1C(F)(F)F. The van der Waals surface area contributed by atoms with E-state index in [1.165, 1.54) is 24.1 Å². The Morgan fingerprint density at radius 3 is 2.45 bits per heavy atom. The summed E-state index contributed by atoms with van der Waals surface area (Å²) in [6, 6.07) is 20.4. The van der Waals surface area contributed by atoms with Gasteiger partial charge in [0.2, 0.25) is 0 Å². The number of halogens is 4. The Labute approximate surface area is 407 Å². The largest absolute Gasteiger partial charge is 0.432 e. The molecule has 19 heteroatoms. The number of alkyl halides is 3. The predicted molar refractivity (Wildman–Crippen MR) is 264 cm³/mol. The summed E-state index contributed by atoms with van der Waals surface area (Å²) in [6.45, 7) is 6.66. The van der Waals surface area contributed by atoms with Crippen LogP contribution in [0.15, 0.2) is 135 Å². The van der Waals surface area contributed by atoms with Crippen molar-refractivity contribution in [1.29, 1.82) is 0 Å². The van der Waals surface area contributed by atoms with Crippen LogP contribution >= 0.6 is 23.4 Å². The summed E-state index contributed by atoms with van der Waals surface area (Å²) in [5.74, 6) is -0.449. The van der Waals surface area contributed by atoms with E-state index in [4.69, 9.17) is 11.6 Å². The van der Waals surface area contributed by atoms with Crippen LogP contribution in [0.5, 0.6) is 0 Å². The van der Waals surface area contributed by atoms with Gasteiger partial charge >= 0.3 is 6.18 Å². The molecule has 3 unspecified atom stereocenters. The zero-order chi connectivity index (χ0) is 49.0. The van der Waals surface area contributed by atoms with E-state index in [0.717, 1.165) is 26.9 Å². The zero-order valence-electron chi connectivity index (χ0n) is 38.1. The van der Waals surface area contributed by atoms with Gasteiger partial charge in [0.1, 0.15) is 11.4 Å². The van der Waals surface area contributed by atoms with Crippen LogP contribution in [0.25, 0.3) is 5.57 Å². The lowest BCUT2D eigenvalue weighted by Crippen LogP contribution is -2.54. The number of thioether (sulfide) groups is 1. The van der Waals surface area contributed by atoms with Crippen LogP contribution in [0, 0.1) is 16.0 Å². The van der Waals surface area contributed by atoms with Crippen LogP contribution in [0.4, 0.5) is 35.9 Å². The van der Waals surface area contributed by atoms with Gasteiger partial charge in [-0.3, -0.25) is 19.6 Å². The number of nitro groups is 1. The number of hydrogen-bond acceptors (Lipinski definition) is 10. The number of rotatable bonds is 12. The Balaban J connectivity index is 0.952. The van der Waals surface area contributed by atoms with Crippen molar-refractivity contribution in [2.24, 2.45) is 13.0 Å². The molecule has 0 spiro atoms. The molecule has 69 heavy (non-hydrogen) atoms. The first kappa shape index (κ1) is 48.1. The van der Waals surface area contributed by atoms with Gasteiger partial charge in [-0.1, -0.05) is 55.0 Å². The first-order chi connectivity index (χ1) is 32.9. The molecule has 362 valence electrons. The van der Waals surface area contributed by atoms with Crippen molar-refractivity contribution in [3.63, 3.8) is 0 Å². The lowest BCUT2D eigenvalue weighted by molar-refractivity contribution is -0.384. The molecule has 2 aliphatic carbocycles. The summed E-state index contributed by atoms with van der Waals surface area (Å²) < 4.78 is 76.4. The maximum atomic E-state index is 15.2. The third-order valence-electron chi connectivity index (χ3n) is 13.6. The van der Waals surface area contributed by atoms with Gasteiger partial charge < -0.3 is 29.7 Å². The van der Waals surface area contributed by atoms with Crippen LogP contribution in [0.2, 0.25) is 0 Å². The average molecular weight is 1000 g/mol. The fraction of sp³-hybridized carbons (Fsp3) is 0.340. The van der Waals surface area contributed by atoms with Gasteiger partial charge in [-0.2, -0.15) is 13.2 Å². The van der Waals surface area contributed by atoms with E-state index in [2.05, 4.69) is 19.8 Å². The minimum atomic E-state index is -4.86. The zero-order valence-corrected chi connectivity index (χ0v) is 40.5. The summed E-state index contributed by atoms with van der Waals surface area (Å²) in [5.41, 5.74) is 1.31. The van der Waals surface area contributed by atoms with E-state index in [0.29, 0.717) is 73.2 Å². The molecule has 1 fully saturated rings. The number of hydrogen-bond donors (Lipinski definition) is 3. The number of allylic oxidation sites excluding steroid dienone is 8. The Morgan fingerprint density at radius 1 is 1.00 bits per heavy atom. The summed E-state index contributed by atoms with van der Waals surface area (Å²) in [6.07, 6.45) is 4.43. The standard InChI is InChI=1S/C50H51ClF3N7O6S2/c1-31-40(30-49(2)44-43(48(63)60-25-21-41(62)42(31)46(49)60)47(50(52,53)54)57(3)45(44)32-9-7-10-33(51)14-13-32)59-24-8-23-58(26-27-59)35-17-15-34(16-18-35)56-69(66,67)37-19-20-38(39(29-37)61(64)65)55-22-28-68-36-11-5-4-6-12-36/h4-7,9,11-20,29-31,41,55-56,62H,8,10,21-28H2,1-3H3. The molecule has 5 aliphatic rings. The van der Waals surface area contributed by atoms with Crippen molar-refractivity contribution in [3.05, 3.63) is 158 Å². The van der Waals surface area contributed by atoms with E-state index >= 15 is 13.2 Å². The number of sulfonamides is 1. The molecule has 4 aromatic rings. The van der Waals surface area contributed by atoms with Gasteiger partial charge in [-0.05, 0) is 91.6 Å². The van der Waals surface area contributed by atoms with Crippen LogP contribution in [0.3, 0.4) is 0 Å². The van der Waals surface area contributed by atoms with Gasteiger partial charge in [-0.15, -0.1) is 11.8 Å². The summed E-state index contributed by atoms with van der Waals surface area (Å²) in [4.78, 5) is 32.6. The summed E-state index contributed by atoms with van der Waals surface area (Å²) in [5, 5.41) is 27.3. The molecule has 3 N–H and O–H groups in total. The fourth-order valence-electron chi connectivity index (χ4n) is 10.5. The van der Waals surface area contributed by atoms with Gasteiger partial charge in [-0.25, -0.2) is 8.42 Å². The Hall–Kier alpha value is -5.95. The third-order valence-corrected chi connectivity index (χ3v) is 16.3. The van der Waals surface area contributed by atoms with Crippen molar-refractivity contribution in [1.82, 2.24) is 14.4 Å².